The molecule has 0 aliphatic heterocycles. The summed E-state index contributed by atoms with van der Waals surface area (Å²) < 4.78 is 5.33. The van der Waals surface area contributed by atoms with Crippen molar-refractivity contribution in [3.05, 3.63) is 58.4 Å². The topological polar surface area (TPSA) is 42.4 Å². The van der Waals surface area contributed by atoms with Crippen LogP contribution in [0.1, 0.15) is 34.2 Å². The van der Waals surface area contributed by atoms with E-state index in [-0.39, 0.29) is 0 Å². The van der Waals surface area contributed by atoms with Gasteiger partial charge in [0.25, 0.3) is 0 Å². The van der Waals surface area contributed by atoms with Crippen LogP contribution in [0.4, 0.5) is 0 Å². The molecule has 0 saturated carbocycles. The molecule has 0 radical (unpaired) electrons. The first-order valence-electron chi connectivity index (χ1n) is 6.29. The van der Waals surface area contributed by atoms with E-state index in [1.54, 1.807) is 7.11 Å². The van der Waals surface area contributed by atoms with Gasteiger partial charge < -0.3 is 9.84 Å². The van der Waals surface area contributed by atoms with Crippen LogP contribution in [0.2, 0.25) is 0 Å². The van der Waals surface area contributed by atoms with Crippen molar-refractivity contribution in [2.24, 2.45) is 0 Å². The van der Waals surface area contributed by atoms with Crippen LogP contribution < -0.4 is 4.74 Å². The molecule has 2 aromatic rings. The highest BCUT2D eigenvalue weighted by Crippen LogP contribution is 2.31. The zero-order valence-corrected chi connectivity index (χ0v) is 11.8. The molecule has 1 aromatic carbocycles. The lowest BCUT2D eigenvalue weighted by atomic mass is 9.98. The van der Waals surface area contributed by atoms with Gasteiger partial charge in [-0.1, -0.05) is 11.6 Å². The Kier molecular flexibility index (Phi) is 3.86. The second-order valence-electron chi connectivity index (χ2n) is 4.83. The molecule has 0 amide bonds. The predicted octanol–water partition coefficient (Wildman–Crippen LogP) is 3.10. The number of aromatic nitrogens is 1. The van der Waals surface area contributed by atoms with Gasteiger partial charge in [0.2, 0.25) is 0 Å². The summed E-state index contributed by atoms with van der Waals surface area (Å²) in [6, 6.07) is 9.61. The largest absolute Gasteiger partial charge is 0.496 e. The van der Waals surface area contributed by atoms with Crippen LogP contribution in [0, 0.1) is 20.8 Å². The molecule has 2 rings (SSSR count). The zero-order valence-electron chi connectivity index (χ0n) is 11.8. The minimum atomic E-state index is -0.699. The molecule has 1 N–H and O–H groups in total. The smallest absolute Gasteiger partial charge is 0.125 e. The summed E-state index contributed by atoms with van der Waals surface area (Å²) in [7, 11) is 1.62. The normalized spacial score (nSPS) is 12.3. The monoisotopic (exact) mass is 257 g/mol. The maximum absolute atomic E-state index is 10.6. The maximum Gasteiger partial charge on any atom is 0.125 e. The third-order valence-corrected chi connectivity index (χ3v) is 3.10. The van der Waals surface area contributed by atoms with Crippen LogP contribution in [0.15, 0.2) is 30.3 Å². The molecule has 1 heterocycles. The number of pyridine rings is 1. The van der Waals surface area contributed by atoms with E-state index >= 15 is 0 Å². The van der Waals surface area contributed by atoms with Gasteiger partial charge in [-0.2, -0.15) is 0 Å². The highest BCUT2D eigenvalue weighted by atomic mass is 16.5. The fourth-order valence-electron chi connectivity index (χ4n) is 2.27. The van der Waals surface area contributed by atoms with Crippen molar-refractivity contribution in [3.63, 3.8) is 0 Å². The van der Waals surface area contributed by atoms with Gasteiger partial charge in [0.15, 0.2) is 0 Å². The van der Waals surface area contributed by atoms with E-state index in [4.69, 9.17) is 4.74 Å². The lowest BCUT2D eigenvalue weighted by Gasteiger charge is -2.16. The Hall–Kier alpha value is -1.87. The summed E-state index contributed by atoms with van der Waals surface area (Å²) in [6.07, 6.45) is -0.699. The standard InChI is InChI=1S/C16H19NO2/c1-10-5-6-15(19-4)14(7-10)16(18)13-8-11(2)17-12(3)9-13/h5-9,16,18H,1-4H3. The maximum atomic E-state index is 10.6. The number of hydrogen-bond acceptors (Lipinski definition) is 3. The van der Waals surface area contributed by atoms with Gasteiger partial charge in [-0.05, 0) is 50.6 Å². The summed E-state index contributed by atoms with van der Waals surface area (Å²) >= 11 is 0. The molecular weight excluding hydrogens is 238 g/mol. The molecule has 1 unspecified atom stereocenters. The van der Waals surface area contributed by atoms with Crippen molar-refractivity contribution in [3.8, 4) is 5.75 Å². The van der Waals surface area contributed by atoms with Crippen LogP contribution in [0.3, 0.4) is 0 Å². The molecule has 0 aliphatic rings. The summed E-state index contributed by atoms with van der Waals surface area (Å²) in [6.45, 7) is 5.85. The molecule has 0 bridgehead atoms. The van der Waals surface area contributed by atoms with Gasteiger partial charge in [0.05, 0.1) is 7.11 Å². The predicted molar refractivity (Wildman–Crippen MR) is 75.5 cm³/mol. The molecule has 3 nitrogen and oxygen atoms in total. The van der Waals surface area contributed by atoms with E-state index in [0.29, 0.717) is 5.75 Å². The van der Waals surface area contributed by atoms with E-state index in [1.807, 2.05) is 51.1 Å². The van der Waals surface area contributed by atoms with E-state index < -0.39 is 6.10 Å². The van der Waals surface area contributed by atoms with Crippen molar-refractivity contribution in [2.45, 2.75) is 26.9 Å². The second kappa shape index (κ2) is 5.41. The average molecular weight is 257 g/mol. The average Bonchev–Trinajstić information content (AvgIpc) is 2.36. The first-order valence-corrected chi connectivity index (χ1v) is 6.29. The van der Waals surface area contributed by atoms with Crippen LogP contribution in [-0.4, -0.2) is 17.2 Å². The minimum Gasteiger partial charge on any atom is -0.496 e. The Balaban J connectivity index is 2.48. The fraction of sp³-hybridized carbons (Fsp3) is 0.312. The number of nitrogens with zero attached hydrogens (tertiary/aromatic N) is 1. The Morgan fingerprint density at radius 2 is 1.68 bits per heavy atom. The van der Waals surface area contributed by atoms with Gasteiger partial charge >= 0.3 is 0 Å². The molecule has 0 saturated heterocycles. The number of rotatable bonds is 3. The quantitative estimate of drug-likeness (QED) is 0.918. The Morgan fingerprint density at radius 1 is 1.05 bits per heavy atom. The first kappa shape index (κ1) is 13.6. The Morgan fingerprint density at radius 3 is 2.26 bits per heavy atom. The van der Waals surface area contributed by atoms with Crippen LogP contribution in [-0.2, 0) is 0 Å². The van der Waals surface area contributed by atoms with Gasteiger partial charge in [-0.15, -0.1) is 0 Å². The summed E-state index contributed by atoms with van der Waals surface area (Å²) in [4.78, 5) is 4.33. The molecule has 0 spiro atoms. The van der Waals surface area contributed by atoms with Crippen LogP contribution in [0.25, 0.3) is 0 Å². The van der Waals surface area contributed by atoms with E-state index in [0.717, 1.165) is 28.1 Å². The van der Waals surface area contributed by atoms with Crippen molar-refractivity contribution >= 4 is 0 Å². The first-order chi connectivity index (χ1) is 9.01. The number of aliphatic hydroxyl groups excluding tert-OH is 1. The lowest BCUT2D eigenvalue weighted by Crippen LogP contribution is -2.04. The molecule has 1 aromatic heterocycles. The van der Waals surface area contributed by atoms with E-state index in [9.17, 15) is 5.11 Å². The SMILES string of the molecule is COc1ccc(C)cc1C(O)c1cc(C)nc(C)c1. The van der Waals surface area contributed by atoms with Crippen LogP contribution in [0.5, 0.6) is 5.75 Å². The molecule has 0 fully saturated rings. The van der Waals surface area contributed by atoms with Crippen LogP contribution >= 0.6 is 0 Å². The molecule has 19 heavy (non-hydrogen) atoms. The van der Waals surface area contributed by atoms with Gasteiger partial charge in [-0.3, -0.25) is 4.98 Å². The zero-order chi connectivity index (χ0) is 14.0. The number of hydrogen-bond donors (Lipinski definition) is 1. The number of aryl methyl sites for hydroxylation is 3. The summed E-state index contributed by atoms with van der Waals surface area (Å²) in [5.41, 5.74) is 4.53. The number of aliphatic hydroxyl groups is 1. The van der Waals surface area contributed by atoms with Gasteiger partial charge in [0.1, 0.15) is 11.9 Å². The number of methoxy groups -OCH3 is 1. The molecule has 100 valence electrons. The second-order valence-corrected chi connectivity index (χ2v) is 4.83. The molecular formula is C16H19NO2. The van der Waals surface area contributed by atoms with E-state index in [1.165, 1.54) is 0 Å². The van der Waals surface area contributed by atoms with Gasteiger partial charge in [-0.25, -0.2) is 0 Å². The van der Waals surface area contributed by atoms with Crippen molar-refractivity contribution in [1.82, 2.24) is 4.98 Å². The molecule has 3 heteroatoms. The van der Waals surface area contributed by atoms with Crippen molar-refractivity contribution in [1.29, 1.82) is 0 Å². The van der Waals surface area contributed by atoms with Crippen molar-refractivity contribution < 1.29 is 9.84 Å². The number of benzene rings is 1. The summed E-state index contributed by atoms with van der Waals surface area (Å²) in [5.74, 6) is 0.699. The van der Waals surface area contributed by atoms with E-state index in [2.05, 4.69) is 4.98 Å². The van der Waals surface area contributed by atoms with Crippen molar-refractivity contribution in [2.75, 3.05) is 7.11 Å². The molecule has 0 aliphatic carbocycles. The Labute approximate surface area is 113 Å². The minimum absolute atomic E-state index is 0.699. The van der Waals surface area contributed by atoms with Gasteiger partial charge in [0, 0.05) is 17.0 Å². The third kappa shape index (κ3) is 2.93. The third-order valence-electron chi connectivity index (χ3n) is 3.10. The Bertz CT molecular complexity index is 573. The molecule has 1 atom stereocenters. The fourth-order valence-corrected chi connectivity index (χ4v) is 2.27. The number of ether oxygens (including phenoxy) is 1. The highest BCUT2D eigenvalue weighted by molar-refractivity contribution is 5.43. The highest BCUT2D eigenvalue weighted by Gasteiger charge is 2.16. The summed E-state index contributed by atoms with van der Waals surface area (Å²) in [5, 5.41) is 10.6. The lowest BCUT2D eigenvalue weighted by molar-refractivity contribution is 0.214.